The Morgan fingerprint density at radius 3 is 2.27 bits per heavy atom. The van der Waals surface area contributed by atoms with Crippen molar-refractivity contribution in [1.29, 1.82) is 0 Å². The first-order chi connectivity index (χ1) is 15.8. The number of methoxy groups -OCH3 is 1. The van der Waals surface area contributed by atoms with Gasteiger partial charge in [0.15, 0.2) is 3.92 Å². The smallest absolute Gasteiger partial charge is 0.268 e. The van der Waals surface area contributed by atoms with Gasteiger partial charge in [-0.2, -0.15) is 0 Å². The van der Waals surface area contributed by atoms with Gasteiger partial charge in [0.05, 0.1) is 17.7 Å². The average Bonchev–Trinajstić information content (AvgIpc) is 3.21. The van der Waals surface area contributed by atoms with Crippen LogP contribution in [0, 0.1) is 0 Å². The lowest BCUT2D eigenvalue weighted by molar-refractivity contribution is 0.103. The van der Waals surface area contributed by atoms with Gasteiger partial charge in [0, 0.05) is 16.8 Å². The summed E-state index contributed by atoms with van der Waals surface area (Å²) in [5.41, 5.74) is 3.06. The van der Waals surface area contributed by atoms with E-state index in [2.05, 4.69) is 26.2 Å². The molecular weight excluding hydrogens is 526 g/mol. The Morgan fingerprint density at radius 2 is 1.64 bits per heavy atom. The van der Waals surface area contributed by atoms with Crippen LogP contribution >= 0.6 is 27.3 Å². The number of sulfonamides is 1. The number of nitrogens with two attached hydrogens (primary N) is 1. The maximum atomic E-state index is 13.0. The average molecular weight is 544 g/mol. The predicted molar refractivity (Wildman–Crippen MR) is 133 cm³/mol. The van der Waals surface area contributed by atoms with Gasteiger partial charge in [-0.15, -0.1) is 11.3 Å². The molecule has 0 radical (unpaired) electrons. The van der Waals surface area contributed by atoms with Gasteiger partial charge in [-0.3, -0.25) is 4.79 Å². The van der Waals surface area contributed by atoms with Crippen LogP contribution in [0.1, 0.15) is 9.67 Å². The fourth-order valence-electron chi connectivity index (χ4n) is 3.27. The third-order valence-corrected chi connectivity index (χ3v) is 7.29. The van der Waals surface area contributed by atoms with Crippen molar-refractivity contribution in [1.82, 2.24) is 4.98 Å². The number of ether oxygens (including phenoxy) is 1. The third-order valence-electron chi connectivity index (χ3n) is 4.82. The van der Waals surface area contributed by atoms with E-state index in [0.717, 1.165) is 5.56 Å². The summed E-state index contributed by atoms with van der Waals surface area (Å²) in [7, 11) is -2.28. The highest BCUT2D eigenvalue weighted by molar-refractivity contribution is 9.11. The Morgan fingerprint density at radius 1 is 1.00 bits per heavy atom. The largest absolute Gasteiger partial charge is 0.497 e. The topological polar surface area (TPSA) is 111 Å². The minimum absolute atomic E-state index is 0.0421. The molecule has 0 unspecified atom stereocenters. The number of anilines is 1. The lowest BCUT2D eigenvalue weighted by atomic mass is 10.1. The zero-order valence-corrected chi connectivity index (χ0v) is 20.5. The van der Waals surface area contributed by atoms with Crippen molar-refractivity contribution in [3.05, 3.63) is 81.6 Å². The Hall–Kier alpha value is -3.05. The van der Waals surface area contributed by atoms with Crippen molar-refractivity contribution >= 4 is 48.9 Å². The van der Waals surface area contributed by atoms with Crippen LogP contribution in [0.4, 0.5) is 5.69 Å². The SMILES string of the molecule is COc1ccc(-c2nc(Br)sc2C(=O)Nc2ccc(-c3ccccc3S(N)(=O)=O)cc2)cc1. The molecule has 10 heteroatoms. The number of benzene rings is 3. The van der Waals surface area contributed by atoms with E-state index >= 15 is 0 Å². The first-order valence-corrected chi connectivity index (χ1v) is 12.8. The number of carbonyl (C=O) groups is 1. The minimum atomic E-state index is -3.87. The van der Waals surface area contributed by atoms with E-state index in [4.69, 9.17) is 9.88 Å². The molecule has 0 saturated carbocycles. The number of primary sulfonamides is 1. The molecule has 3 aromatic carbocycles. The van der Waals surface area contributed by atoms with Crippen LogP contribution in [-0.2, 0) is 10.0 Å². The minimum Gasteiger partial charge on any atom is -0.497 e. The summed E-state index contributed by atoms with van der Waals surface area (Å²) in [5, 5.41) is 8.21. The van der Waals surface area contributed by atoms with E-state index in [1.807, 2.05) is 24.3 Å². The highest BCUT2D eigenvalue weighted by Gasteiger charge is 2.20. The molecule has 0 spiro atoms. The molecule has 0 fully saturated rings. The number of amides is 1. The summed E-state index contributed by atoms with van der Waals surface area (Å²) < 4.78 is 29.6. The maximum Gasteiger partial charge on any atom is 0.268 e. The summed E-state index contributed by atoms with van der Waals surface area (Å²) in [4.78, 5) is 17.9. The van der Waals surface area contributed by atoms with E-state index in [1.54, 1.807) is 49.6 Å². The highest BCUT2D eigenvalue weighted by atomic mass is 79.9. The second-order valence-corrected chi connectivity index (χ2v) is 10.8. The number of thiazole rings is 1. The highest BCUT2D eigenvalue weighted by Crippen LogP contribution is 2.33. The van der Waals surface area contributed by atoms with Crippen LogP contribution < -0.4 is 15.2 Å². The maximum absolute atomic E-state index is 13.0. The van der Waals surface area contributed by atoms with Crippen molar-refractivity contribution in [2.24, 2.45) is 5.14 Å². The molecule has 1 aromatic heterocycles. The van der Waals surface area contributed by atoms with Crippen molar-refractivity contribution in [3.8, 4) is 28.1 Å². The molecule has 3 N–H and O–H groups in total. The third kappa shape index (κ3) is 5.14. The number of nitrogens with one attached hydrogen (secondary N) is 1. The van der Waals surface area contributed by atoms with E-state index < -0.39 is 10.0 Å². The predicted octanol–water partition coefficient (Wildman–Crippen LogP) is 5.15. The van der Waals surface area contributed by atoms with E-state index in [9.17, 15) is 13.2 Å². The van der Waals surface area contributed by atoms with Gasteiger partial charge in [-0.05, 0) is 64.0 Å². The molecule has 1 amide bonds. The number of hydrogen-bond acceptors (Lipinski definition) is 6. The second kappa shape index (κ2) is 9.44. The Kier molecular flexibility index (Phi) is 6.61. The Bertz CT molecular complexity index is 1420. The van der Waals surface area contributed by atoms with Crippen LogP contribution in [0.2, 0.25) is 0 Å². The first-order valence-electron chi connectivity index (χ1n) is 9.60. The normalized spacial score (nSPS) is 11.2. The van der Waals surface area contributed by atoms with Crippen LogP contribution in [0.3, 0.4) is 0 Å². The summed E-state index contributed by atoms with van der Waals surface area (Å²) in [6.45, 7) is 0. The lowest BCUT2D eigenvalue weighted by Crippen LogP contribution is -2.13. The van der Waals surface area contributed by atoms with Gasteiger partial charge < -0.3 is 10.1 Å². The van der Waals surface area contributed by atoms with E-state index in [1.165, 1.54) is 17.4 Å². The molecule has 4 rings (SSSR count). The fraction of sp³-hybridized carbons (Fsp3) is 0.0435. The molecule has 4 aromatic rings. The molecule has 0 aliphatic rings. The summed E-state index contributed by atoms with van der Waals surface area (Å²) >= 11 is 4.60. The molecular formula is C23H18BrN3O4S2. The number of nitrogens with zero attached hydrogens (tertiary/aromatic N) is 1. The number of rotatable bonds is 6. The van der Waals surface area contributed by atoms with Crippen molar-refractivity contribution in [2.45, 2.75) is 4.90 Å². The zero-order valence-electron chi connectivity index (χ0n) is 17.3. The van der Waals surface area contributed by atoms with Crippen LogP contribution in [0.5, 0.6) is 5.75 Å². The molecule has 0 aliphatic heterocycles. The number of halogens is 1. The molecule has 0 bridgehead atoms. The lowest BCUT2D eigenvalue weighted by Gasteiger charge is -2.10. The van der Waals surface area contributed by atoms with E-state index in [-0.39, 0.29) is 10.8 Å². The summed E-state index contributed by atoms with van der Waals surface area (Å²) in [6.07, 6.45) is 0. The van der Waals surface area contributed by atoms with Crippen LogP contribution in [0.15, 0.2) is 81.6 Å². The van der Waals surface area contributed by atoms with Gasteiger partial charge >= 0.3 is 0 Å². The standard InChI is InChI=1S/C23H18BrN3O4S2/c1-31-17-12-8-15(9-13-17)20-21(32-23(24)27-20)22(28)26-16-10-6-14(7-11-16)18-4-2-3-5-19(18)33(25,29)30/h2-13H,1H3,(H,26,28)(H2,25,29,30). The molecule has 7 nitrogen and oxygen atoms in total. The molecule has 1 heterocycles. The van der Waals surface area contributed by atoms with Crippen LogP contribution in [-0.4, -0.2) is 26.4 Å². The zero-order chi connectivity index (χ0) is 23.6. The first kappa shape index (κ1) is 23.1. The quantitative estimate of drug-likeness (QED) is 0.349. The molecule has 0 atom stereocenters. The van der Waals surface area contributed by atoms with Crippen molar-refractivity contribution in [2.75, 3.05) is 12.4 Å². The van der Waals surface area contributed by atoms with Gasteiger partial charge in [-0.25, -0.2) is 18.5 Å². The van der Waals surface area contributed by atoms with Gasteiger partial charge in [-0.1, -0.05) is 30.3 Å². The van der Waals surface area contributed by atoms with Gasteiger partial charge in [0.25, 0.3) is 5.91 Å². The van der Waals surface area contributed by atoms with Crippen molar-refractivity contribution < 1.29 is 17.9 Å². The number of carbonyl (C=O) groups excluding carboxylic acids is 1. The molecule has 33 heavy (non-hydrogen) atoms. The van der Waals surface area contributed by atoms with Gasteiger partial charge in [0.2, 0.25) is 10.0 Å². The Balaban J connectivity index is 1.59. The number of aromatic nitrogens is 1. The van der Waals surface area contributed by atoms with Crippen molar-refractivity contribution in [3.63, 3.8) is 0 Å². The number of hydrogen-bond donors (Lipinski definition) is 2. The fourth-order valence-corrected chi connectivity index (χ4v) is 5.40. The Labute approximate surface area is 203 Å². The summed E-state index contributed by atoms with van der Waals surface area (Å²) in [6, 6.07) is 20.7. The van der Waals surface area contributed by atoms with Gasteiger partial charge in [0.1, 0.15) is 10.6 Å². The van der Waals surface area contributed by atoms with Crippen LogP contribution in [0.25, 0.3) is 22.4 Å². The molecule has 0 aliphatic carbocycles. The summed E-state index contributed by atoms with van der Waals surface area (Å²) in [5.74, 6) is 0.407. The molecule has 0 saturated heterocycles. The molecule has 168 valence electrons. The monoisotopic (exact) mass is 543 g/mol. The second-order valence-electron chi connectivity index (χ2n) is 6.95. The van der Waals surface area contributed by atoms with E-state index in [0.29, 0.717) is 37.1 Å².